The summed E-state index contributed by atoms with van der Waals surface area (Å²) in [7, 11) is 1.16. The second-order valence-corrected chi connectivity index (χ2v) is 7.05. The molecule has 1 aliphatic rings. The number of phenolic OH excluding ortho intramolecular Hbond substituents is 1. The van der Waals surface area contributed by atoms with E-state index in [0.29, 0.717) is 5.56 Å². The number of rotatable bonds is 7. The number of hydrogen-bond acceptors (Lipinski definition) is 11. The Balaban J connectivity index is 1.92. The van der Waals surface area contributed by atoms with Gasteiger partial charge in [-0.25, -0.2) is 4.79 Å². The van der Waals surface area contributed by atoms with Gasteiger partial charge in [0.2, 0.25) is 5.95 Å². The number of carbonyl (C=O) groups is 2. The van der Waals surface area contributed by atoms with Gasteiger partial charge in [0.1, 0.15) is 11.7 Å². The first kappa shape index (κ1) is 22.4. The second-order valence-electron chi connectivity index (χ2n) is 7.05. The number of carbonyl (C=O) groups excluding carboxylic acids is 2. The normalized spacial score (nSPS) is 14.7. The van der Waals surface area contributed by atoms with Gasteiger partial charge < -0.3 is 19.9 Å². The van der Waals surface area contributed by atoms with E-state index in [2.05, 4.69) is 20.8 Å². The minimum absolute atomic E-state index is 0.0614. The largest absolute Gasteiger partial charge is 0.504 e. The van der Waals surface area contributed by atoms with Crippen molar-refractivity contribution in [2.24, 2.45) is 0 Å². The average Bonchev–Trinajstić information content (AvgIpc) is 3.32. The summed E-state index contributed by atoms with van der Waals surface area (Å²) in [5.74, 6) is -1.32. The Hall–Kier alpha value is -4.81. The van der Waals surface area contributed by atoms with Gasteiger partial charge in [0.15, 0.2) is 17.3 Å². The van der Waals surface area contributed by atoms with Crippen LogP contribution in [-0.2, 0) is 9.53 Å². The number of anilines is 1. The summed E-state index contributed by atoms with van der Waals surface area (Å²) >= 11 is 0. The lowest BCUT2D eigenvalue weighted by atomic mass is 9.89. The molecular formula is C21H18N6O7. The highest BCUT2D eigenvalue weighted by molar-refractivity contribution is 6.15. The zero-order valence-corrected chi connectivity index (χ0v) is 18.0. The highest BCUT2D eigenvalue weighted by Gasteiger charge is 2.39. The number of nitrogens with one attached hydrogen (secondary N) is 1. The van der Waals surface area contributed by atoms with E-state index < -0.39 is 22.7 Å². The van der Waals surface area contributed by atoms with E-state index in [1.165, 1.54) is 47.1 Å². The lowest BCUT2D eigenvalue weighted by Crippen LogP contribution is -2.33. The van der Waals surface area contributed by atoms with Gasteiger partial charge >= 0.3 is 5.97 Å². The third-order valence-corrected chi connectivity index (χ3v) is 5.09. The predicted molar refractivity (Wildman–Crippen MR) is 115 cm³/mol. The van der Waals surface area contributed by atoms with Gasteiger partial charge in [-0.2, -0.15) is 4.68 Å². The van der Waals surface area contributed by atoms with E-state index in [9.17, 15) is 24.8 Å². The number of nitrogens with zero attached hydrogens (tertiary/aromatic N) is 5. The molecule has 2 aromatic carbocycles. The molecule has 1 aliphatic heterocycles. The zero-order valence-electron chi connectivity index (χ0n) is 18.0. The first-order valence-corrected chi connectivity index (χ1v) is 9.98. The number of aromatic nitrogens is 4. The van der Waals surface area contributed by atoms with Crippen molar-refractivity contribution in [2.75, 3.05) is 19.0 Å². The predicted octanol–water partition coefficient (Wildman–Crippen LogP) is 2.01. The molecule has 0 spiro atoms. The van der Waals surface area contributed by atoms with Gasteiger partial charge in [-0.3, -0.25) is 14.9 Å². The molecule has 0 aliphatic carbocycles. The minimum atomic E-state index is -1.01. The molecule has 34 heavy (non-hydrogen) atoms. The SMILES string of the molecule is CCOc1cc([C@@H]2C(C(=O)c3ccc([N+](=O)[O-])cc3)=C(C(=O)OC)Nc3nnnn32)ccc1O. The fraction of sp³-hybridized carbons (Fsp3) is 0.190. The molecule has 0 radical (unpaired) electrons. The molecule has 0 amide bonds. The molecule has 0 fully saturated rings. The Morgan fingerprint density at radius 1 is 1.24 bits per heavy atom. The number of tetrazole rings is 1. The van der Waals surface area contributed by atoms with Crippen molar-refractivity contribution in [1.29, 1.82) is 0 Å². The van der Waals surface area contributed by atoms with Crippen molar-refractivity contribution in [3.8, 4) is 11.5 Å². The number of aromatic hydroxyl groups is 1. The maximum Gasteiger partial charge on any atom is 0.355 e. The smallest absolute Gasteiger partial charge is 0.355 e. The van der Waals surface area contributed by atoms with Gasteiger partial charge in [-0.05, 0) is 47.2 Å². The first-order valence-electron chi connectivity index (χ1n) is 9.98. The molecule has 2 heterocycles. The number of nitro benzene ring substituents is 1. The minimum Gasteiger partial charge on any atom is -0.504 e. The van der Waals surface area contributed by atoms with Crippen LogP contribution in [0.1, 0.15) is 28.9 Å². The molecule has 174 valence electrons. The van der Waals surface area contributed by atoms with Gasteiger partial charge in [0.05, 0.1) is 24.2 Å². The molecular weight excluding hydrogens is 448 g/mol. The molecule has 0 unspecified atom stereocenters. The van der Waals surface area contributed by atoms with Crippen molar-refractivity contribution in [3.63, 3.8) is 0 Å². The highest BCUT2D eigenvalue weighted by Crippen LogP contribution is 2.39. The van der Waals surface area contributed by atoms with E-state index in [1.54, 1.807) is 6.92 Å². The summed E-state index contributed by atoms with van der Waals surface area (Å²) in [6.07, 6.45) is 0. The van der Waals surface area contributed by atoms with Crippen molar-refractivity contribution in [1.82, 2.24) is 20.2 Å². The second kappa shape index (κ2) is 8.97. The summed E-state index contributed by atoms with van der Waals surface area (Å²) in [6.45, 7) is 2.02. The standard InChI is InChI=1S/C21H18N6O7/c1-3-34-15-10-12(6-9-14(15)28)18-16(19(29)11-4-7-13(8-5-11)27(31)32)17(20(30)33-2)22-21-23-24-25-26(18)21/h4-10,18,28H,3H2,1-2H3,(H,22,23,25)/t18-/m1/s1. The maximum atomic E-state index is 13.7. The van der Waals surface area contributed by atoms with Crippen molar-refractivity contribution in [3.05, 3.63) is 75.0 Å². The number of esters is 1. The van der Waals surface area contributed by atoms with Crippen LogP contribution in [0.25, 0.3) is 0 Å². The molecule has 13 heteroatoms. The van der Waals surface area contributed by atoms with Crippen LogP contribution in [0.4, 0.5) is 11.6 Å². The maximum absolute atomic E-state index is 13.7. The van der Waals surface area contributed by atoms with E-state index in [0.717, 1.165) is 7.11 Å². The number of hydrogen-bond donors (Lipinski definition) is 2. The molecule has 2 N–H and O–H groups in total. The van der Waals surface area contributed by atoms with E-state index in [4.69, 9.17) is 9.47 Å². The van der Waals surface area contributed by atoms with Crippen LogP contribution in [0.2, 0.25) is 0 Å². The molecule has 0 saturated carbocycles. The van der Waals surface area contributed by atoms with Crippen molar-refractivity contribution >= 4 is 23.4 Å². The lowest BCUT2D eigenvalue weighted by Gasteiger charge is -2.28. The number of fused-ring (bicyclic) bond motifs is 1. The van der Waals surface area contributed by atoms with Gasteiger partial charge in [0.25, 0.3) is 5.69 Å². The van der Waals surface area contributed by atoms with Crippen LogP contribution < -0.4 is 10.1 Å². The molecule has 0 saturated heterocycles. The van der Waals surface area contributed by atoms with Gasteiger partial charge in [-0.15, -0.1) is 0 Å². The first-order chi connectivity index (χ1) is 16.3. The molecule has 3 aromatic rings. The van der Waals surface area contributed by atoms with Crippen LogP contribution in [0.3, 0.4) is 0 Å². The fourth-order valence-electron chi connectivity index (χ4n) is 3.56. The van der Waals surface area contributed by atoms with Crippen molar-refractivity contribution < 1.29 is 29.1 Å². The van der Waals surface area contributed by atoms with Crippen LogP contribution in [0.5, 0.6) is 11.5 Å². The number of benzene rings is 2. The number of non-ortho nitro benzene ring substituents is 1. The Bertz CT molecular complexity index is 1320. The van der Waals surface area contributed by atoms with Crippen molar-refractivity contribution in [2.45, 2.75) is 13.0 Å². The Morgan fingerprint density at radius 3 is 2.62 bits per heavy atom. The van der Waals surface area contributed by atoms with E-state index in [1.807, 2.05) is 0 Å². The zero-order chi connectivity index (χ0) is 24.4. The molecule has 0 bridgehead atoms. The number of ketones is 1. The third-order valence-electron chi connectivity index (χ3n) is 5.09. The number of ether oxygens (including phenoxy) is 2. The number of Topliss-reactive ketones (excluding diaryl/α,β-unsaturated/α-hetero) is 1. The average molecular weight is 466 g/mol. The number of allylic oxidation sites excluding steroid dienone is 1. The van der Waals surface area contributed by atoms with Crippen LogP contribution >= 0.6 is 0 Å². The van der Waals surface area contributed by atoms with Gasteiger partial charge in [-0.1, -0.05) is 11.2 Å². The fourth-order valence-corrected chi connectivity index (χ4v) is 3.56. The summed E-state index contributed by atoms with van der Waals surface area (Å²) < 4.78 is 11.6. The summed E-state index contributed by atoms with van der Waals surface area (Å²) in [5.41, 5.74) is 0.0784. The topological polar surface area (TPSA) is 172 Å². The third kappa shape index (κ3) is 3.90. The summed E-state index contributed by atoms with van der Waals surface area (Å²) in [5, 5.41) is 35.3. The summed E-state index contributed by atoms with van der Waals surface area (Å²) in [6, 6.07) is 8.38. The Labute approximate surface area is 191 Å². The summed E-state index contributed by atoms with van der Waals surface area (Å²) in [4.78, 5) is 36.7. The molecule has 1 atom stereocenters. The quantitative estimate of drug-likeness (QED) is 0.226. The van der Waals surface area contributed by atoms with Crippen LogP contribution in [0.15, 0.2) is 53.7 Å². The highest BCUT2D eigenvalue weighted by atomic mass is 16.6. The van der Waals surface area contributed by atoms with Crippen LogP contribution in [-0.4, -0.2) is 55.7 Å². The molecule has 1 aromatic heterocycles. The van der Waals surface area contributed by atoms with E-state index in [-0.39, 0.29) is 46.6 Å². The number of nitro groups is 1. The molecule has 4 rings (SSSR count). The Kier molecular flexibility index (Phi) is 5.91. The monoisotopic (exact) mass is 466 g/mol. The lowest BCUT2D eigenvalue weighted by molar-refractivity contribution is -0.384. The van der Waals surface area contributed by atoms with Crippen LogP contribution in [0, 0.1) is 10.1 Å². The number of methoxy groups -OCH3 is 1. The Morgan fingerprint density at radius 2 is 1.97 bits per heavy atom. The molecule has 13 nitrogen and oxygen atoms in total. The van der Waals surface area contributed by atoms with E-state index >= 15 is 0 Å². The van der Waals surface area contributed by atoms with Gasteiger partial charge in [0, 0.05) is 17.7 Å². The number of phenols is 1.